The van der Waals surface area contributed by atoms with E-state index >= 15 is 0 Å². The first kappa shape index (κ1) is 19.1. The highest BCUT2D eigenvalue weighted by Crippen LogP contribution is 2.26. The number of fused-ring (bicyclic) bond motifs is 1. The molecule has 2 aromatic carbocycles. The average Bonchev–Trinajstić information content (AvgIpc) is 2.74. The summed E-state index contributed by atoms with van der Waals surface area (Å²) in [7, 11) is 0. The second kappa shape index (κ2) is 8.43. The first-order valence-corrected chi connectivity index (χ1v) is 9.97. The lowest BCUT2D eigenvalue weighted by Gasteiger charge is -2.32. The Kier molecular flexibility index (Phi) is 5.56. The van der Waals surface area contributed by atoms with E-state index in [1.54, 1.807) is 4.90 Å². The number of amides is 1. The van der Waals surface area contributed by atoms with Crippen LogP contribution in [0.4, 0.5) is 0 Å². The van der Waals surface area contributed by atoms with Crippen LogP contribution in [-0.2, 0) is 9.59 Å². The first-order valence-electron chi connectivity index (χ1n) is 9.97. The molecule has 0 N–H and O–H groups in total. The van der Waals surface area contributed by atoms with Crippen molar-refractivity contribution in [2.45, 2.75) is 32.3 Å². The fourth-order valence-electron chi connectivity index (χ4n) is 3.70. The third kappa shape index (κ3) is 4.62. The molecule has 0 unspecified atom stereocenters. The lowest BCUT2D eigenvalue weighted by atomic mass is 10.0. The molecule has 5 heteroatoms. The van der Waals surface area contributed by atoms with E-state index in [9.17, 15) is 9.59 Å². The molecule has 148 valence electrons. The van der Waals surface area contributed by atoms with Gasteiger partial charge in [-0.3, -0.25) is 14.6 Å². The van der Waals surface area contributed by atoms with E-state index in [4.69, 9.17) is 4.74 Å². The van der Waals surface area contributed by atoms with Crippen molar-refractivity contribution < 1.29 is 14.3 Å². The van der Waals surface area contributed by atoms with Gasteiger partial charge in [-0.15, -0.1) is 0 Å². The number of aromatic nitrogens is 1. The van der Waals surface area contributed by atoms with Crippen LogP contribution in [0.3, 0.4) is 0 Å². The largest absolute Gasteiger partial charge is 0.490 e. The Labute approximate surface area is 170 Å². The molecule has 2 heterocycles. The maximum Gasteiger partial charge on any atom is 0.230 e. The van der Waals surface area contributed by atoms with Gasteiger partial charge < -0.3 is 9.64 Å². The Bertz CT molecular complexity index is 1020. The van der Waals surface area contributed by atoms with E-state index < -0.39 is 0 Å². The molecule has 0 aliphatic carbocycles. The molecular formula is C24H24N2O3. The zero-order chi connectivity index (χ0) is 20.2. The van der Waals surface area contributed by atoms with Crippen LogP contribution in [0.15, 0.2) is 60.8 Å². The van der Waals surface area contributed by atoms with Gasteiger partial charge in [-0.25, -0.2) is 0 Å². The molecular weight excluding hydrogens is 364 g/mol. The number of ether oxygens (including phenoxy) is 1. The van der Waals surface area contributed by atoms with Crippen LogP contribution in [0.25, 0.3) is 22.0 Å². The molecule has 0 atom stereocenters. The van der Waals surface area contributed by atoms with E-state index in [-0.39, 0.29) is 24.2 Å². The number of nitrogens with zero attached hydrogens (tertiary/aromatic N) is 2. The number of Topliss-reactive ketones (excluding diaryl/α,β-unsaturated/α-hetero) is 1. The van der Waals surface area contributed by atoms with Crippen molar-refractivity contribution in [1.82, 2.24) is 9.88 Å². The maximum atomic E-state index is 12.0. The lowest BCUT2D eigenvalue weighted by Crippen LogP contribution is -2.42. The minimum absolute atomic E-state index is 0.00336. The van der Waals surface area contributed by atoms with Gasteiger partial charge >= 0.3 is 0 Å². The van der Waals surface area contributed by atoms with Crippen LogP contribution >= 0.6 is 0 Å². The highest BCUT2D eigenvalue weighted by Gasteiger charge is 2.24. The molecule has 0 saturated carbocycles. The first-order chi connectivity index (χ1) is 14.1. The molecule has 1 aromatic heterocycles. The van der Waals surface area contributed by atoms with E-state index in [1.807, 2.05) is 48.7 Å². The SMILES string of the molecule is CC(=O)CC(=O)N1CCC(Oc2ccc(-c3cnc4ccccc4c3)cc2)CC1. The van der Waals surface area contributed by atoms with Crippen LogP contribution in [0.5, 0.6) is 5.75 Å². The minimum atomic E-state index is -0.0879. The number of carbonyl (C=O) groups excluding carboxylic acids is 2. The normalized spacial score (nSPS) is 14.7. The van der Waals surface area contributed by atoms with Crippen LogP contribution in [0.2, 0.25) is 0 Å². The maximum absolute atomic E-state index is 12.0. The summed E-state index contributed by atoms with van der Waals surface area (Å²) in [5.74, 6) is 0.662. The van der Waals surface area contributed by atoms with Gasteiger partial charge in [-0.2, -0.15) is 0 Å². The number of likely N-dealkylation sites (tertiary alicyclic amines) is 1. The molecule has 0 bridgehead atoms. The van der Waals surface area contributed by atoms with Crippen LogP contribution < -0.4 is 4.74 Å². The van der Waals surface area contributed by atoms with Gasteiger partial charge in [0.15, 0.2) is 0 Å². The van der Waals surface area contributed by atoms with Crippen molar-refractivity contribution in [3.8, 4) is 16.9 Å². The van der Waals surface area contributed by atoms with Gasteiger partial charge in [0, 0.05) is 43.1 Å². The van der Waals surface area contributed by atoms with Crippen molar-refractivity contribution in [2.75, 3.05) is 13.1 Å². The lowest BCUT2D eigenvalue weighted by molar-refractivity contribution is -0.136. The number of benzene rings is 2. The van der Waals surface area contributed by atoms with Crippen LogP contribution in [0.1, 0.15) is 26.2 Å². The number of hydrogen-bond donors (Lipinski definition) is 0. The average molecular weight is 388 g/mol. The summed E-state index contributed by atoms with van der Waals surface area (Å²) in [6.45, 7) is 2.72. The standard InChI is InChI=1S/C24H24N2O3/c1-17(27)14-24(28)26-12-10-22(11-13-26)29-21-8-6-18(7-9-21)20-15-19-4-2-3-5-23(19)25-16-20/h2-9,15-16,22H,10-14H2,1H3. The third-order valence-corrected chi connectivity index (χ3v) is 5.28. The predicted octanol–water partition coefficient (Wildman–Crippen LogP) is 4.25. The van der Waals surface area contributed by atoms with Crippen molar-refractivity contribution in [3.63, 3.8) is 0 Å². The number of pyridine rings is 1. The molecule has 0 spiro atoms. The number of hydrogen-bond acceptors (Lipinski definition) is 4. The molecule has 1 fully saturated rings. The number of para-hydroxylation sites is 1. The number of ketones is 1. The Hall–Kier alpha value is -3.21. The minimum Gasteiger partial charge on any atom is -0.490 e. The van der Waals surface area contributed by atoms with Crippen molar-refractivity contribution >= 4 is 22.6 Å². The van der Waals surface area contributed by atoms with E-state index in [0.717, 1.165) is 40.6 Å². The second-order valence-corrected chi connectivity index (χ2v) is 7.52. The zero-order valence-corrected chi connectivity index (χ0v) is 16.5. The third-order valence-electron chi connectivity index (χ3n) is 5.28. The van der Waals surface area contributed by atoms with Gasteiger partial charge in [-0.1, -0.05) is 30.3 Å². The summed E-state index contributed by atoms with van der Waals surface area (Å²) in [5.41, 5.74) is 3.16. The quantitative estimate of drug-likeness (QED) is 0.613. The van der Waals surface area contributed by atoms with Gasteiger partial charge in [0.25, 0.3) is 0 Å². The van der Waals surface area contributed by atoms with Gasteiger partial charge in [0.1, 0.15) is 17.6 Å². The summed E-state index contributed by atoms with van der Waals surface area (Å²) >= 11 is 0. The molecule has 4 rings (SSSR count). The molecule has 29 heavy (non-hydrogen) atoms. The Morgan fingerprint density at radius 3 is 2.48 bits per heavy atom. The second-order valence-electron chi connectivity index (χ2n) is 7.52. The number of carbonyl (C=O) groups is 2. The Morgan fingerprint density at radius 1 is 1.03 bits per heavy atom. The van der Waals surface area contributed by atoms with Crippen LogP contribution in [0, 0.1) is 0 Å². The van der Waals surface area contributed by atoms with Gasteiger partial charge in [0.2, 0.25) is 5.91 Å². The fourth-order valence-corrected chi connectivity index (χ4v) is 3.70. The summed E-state index contributed by atoms with van der Waals surface area (Å²) in [6, 6.07) is 18.3. The molecule has 1 aliphatic rings. The molecule has 5 nitrogen and oxygen atoms in total. The zero-order valence-electron chi connectivity index (χ0n) is 16.5. The van der Waals surface area contributed by atoms with E-state index in [2.05, 4.69) is 17.1 Å². The van der Waals surface area contributed by atoms with Crippen molar-refractivity contribution in [2.24, 2.45) is 0 Å². The number of rotatable bonds is 5. The van der Waals surface area contributed by atoms with Gasteiger partial charge in [-0.05, 0) is 36.8 Å². The molecule has 1 amide bonds. The predicted molar refractivity (Wildman–Crippen MR) is 113 cm³/mol. The monoisotopic (exact) mass is 388 g/mol. The highest BCUT2D eigenvalue weighted by atomic mass is 16.5. The van der Waals surface area contributed by atoms with Crippen molar-refractivity contribution in [1.29, 1.82) is 0 Å². The summed E-state index contributed by atoms with van der Waals surface area (Å²) in [6.07, 6.45) is 3.53. The van der Waals surface area contributed by atoms with Crippen molar-refractivity contribution in [3.05, 3.63) is 60.8 Å². The molecule has 3 aromatic rings. The smallest absolute Gasteiger partial charge is 0.230 e. The van der Waals surface area contributed by atoms with Gasteiger partial charge in [0.05, 0.1) is 11.9 Å². The number of piperidine rings is 1. The topological polar surface area (TPSA) is 59.5 Å². The summed E-state index contributed by atoms with van der Waals surface area (Å²) < 4.78 is 6.11. The van der Waals surface area contributed by atoms with Crippen LogP contribution in [-0.4, -0.2) is 40.8 Å². The Morgan fingerprint density at radius 2 is 1.76 bits per heavy atom. The Balaban J connectivity index is 1.36. The fraction of sp³-hybridized carbons (Fsp3) is 0.292. The highest BCUT2D eigenvalue weighted by molar-refractivity contribution is 5.96. The van der Waals surface area contributed by atoms with E-state index in [1.165, 1.54) is 6.92 Å². The molecule has 0 radical (unpaired) electrons. The molecule has 1 aliphatic heterocycles. The molecule has 1 saturated heterocycles. The summed E-state index contributed by atoms with van der Waals surface area (Å²) in [4.78, 5) is 29.4. The van der Waals surface area contributed by atoms with E-state index in [0.29, 0.717) is 13.1 Å². The summed E-state index contributed by atoms with van der Waals surface area (Å²) in [5, 5.41) is 1.12.